The third-order valence-corrected chi connectivity index (χ3v) is 4.88. The summed E-state index contributed by atoms with van der Waals surface area (Å²) in [6, 6.07) is 0. The van der Waals surface area contributed by atoms with Crippen LogP contribution in [0, 0.1) is 16.7 Å². The van der Waals surface area contributed by atoms with Crippen LogP contribution in [0.4, 0.5) is 0 Å². The van der Waals surface area contributed by atoms with Crippen molar-refractivity contribution in [2.45, 2.75) is 39.2 Å². The fourth-order valence-electron chi connectivity index (χ4n) is 3.77. The molecule has 0 heterocycles. The highest BCUT2D eigenvalue weighted by molar-refractivity contribution is 5.13. The molecule has 2 aliphatic carbocycles. The van der Waals surface area contributed by atoms with Crippen molar-refractivity contribution in [3.05, 3.63) is 0 Å². The van der Waals surface area contributed by atoms with E-state index in [0.717, 1.165) is 18.9 Å². The molecule has 13 heavy (non-hydrogen) atoms. The molecule has 2 bridgehead atoms. The van der Waals surface area contributed by atoms with Crippen LogP contribution in [0.5, 0.6) is 0 Å². The molecule has 0 spiro atoms. The Labute approximate surface area is 80.7 Å². The second-order valence-electron chi connectivity index (χ2n) is 5.40. The maximum Gasteiger partial charge on any atom is 0.0616 e. The van der Waals surface area contributed by atoms with Crippen molar-refractivity contribution in [1.82, 2.24) is 5.32 Å². The molecule has 0 aromatic heterocycles. The summed E-state index contributed by atoms with van der Waals surface area (Å²) < 4.78 is 0. The second-order valence-corrected chi connectivity index (χ2v) is 5.40. The van der Waals surface area contributed by atoms with Crippen molar-refractivity contribution >= 4 is 0 Å². The number of hydrogen-bond acceptors (Lipinski definition) is 2. The first-order valence-corrected chi connectivity index (χ1v) is 5.37. The lowest BCUT2D eigenvalue weighted by atomic mass is 9.68. The van der Waals surface area contributed by atoms with Gasteiger partial charge in [-0.2, -0.15) is 0 Å². The van der Waals surface area contributed by atoms with Crippen LogP contribution in [0.25, 0.3) is 0 Å². The highest BCUT2D eigenvalue weighted by Crippen LogP contribution is 2.65. The summed E-state index contributed by atoms with van der Waals surface area (Å²) in [5.41, 5.74) is 0.488. The van der Waals surface area contributed by atoms with Crippen LogP contribution in [-0.2, 0) is 0 Å². The Bertz CT molecular complexity index is 214. The van der Waals surface area contributed by atoms with Crippen LogP contribution in [0.2, 0.25) is 0 Å². The van der Waals surface area contributed by atoms with Gasteiger partial charge in [-0.1, -0.05) is 13.8 Å². The van der Waals surface area contributed by atoms with Gasteiger partial charge in [-0.3, -0.25) is 0 Å². The Morgan fingerprint density at radius 2 is 2.15 bits per heavy atom. The Morgan fingerprint density at radius 3 is 2.54 bits per heavy atom. The van der Waals surface area contributed by atoms with E-state index in [-0.39, 0.29) is 11.5 Å². The van der Waals surface area contributed by atoms with Crippen LogP contribution in [0.3, 0.4) is 0 Å². The molecule has 2 fully saturated rings. The molecule has 0 saturated heterocycles. The van der Waals surface area contributed by atoms with E-state index in [1.54, 1.807) is 0 Å². The molecular weight excluding hydrogens is 162 g/mol. The molecule has 0 amide bonds. The lowest BCUT2D eigenvalue weighted by Gasteiger charge is -2.40. The van der Waals surface area contributed by atoms with Crippen LogP contribution < -0.4 is 5.32 Å². The van der Waals surface area contributed by atoms with E-state index in [2.05, 4.69) is 19.2 Å². The van der Waals surface area contributed by atoms with Gasteiger partial charge < -0.3 is 10.4 Å². The molecule has 2 N–H and O–H groups in total. The Balaban J connectivity index is 2.31. The van der Waals surface area contributed by atoms with Crippen LogP contribution in [-0.4, -0.2) is 24.8 Å². The van der Waals surface area contributed by atoms with Gasteiger partial charge in [0.15, 0.2) is 0 Å². The SMILES string of the molecule is CNCC12CCC(CC1O)C2(C)C. The predicted molar refractivity (Wildman–Crippen MR) is 53.5 cm³/mol. The first kappa shape index (κ1) is 9.47. The van der Waals surface area contributed by atoms with Gasteiger partial charge in [0, 0.05) is 12.0 Å². The van der Waals surface area contributed by atoms with E-state index >= 15 is 0 Å². The van der Waals surface area contributed by atoms with Gasteiger partial charge in [0.2, 0.25) is 0 Å². The van der Waals surface area contributed by atoms with Gasteiger partial charge >= 0.3 is 0 Å². The Morgan fingerprint density at radius 1 is 1.46 bits per heavy atom. The quantitative estimate of drug-likeness (QED) is 0.678. The van der Waals surface area contributed by atoms with Crippen LogP contribution in [0.1, 0.15) is 33.1 Å². The van der Waals surface area contributed by atoms with Crippen LogP contribution in [0.15, 0.2) is 0 Å². The van der Waals surface area contributed by atoms with E-state index in [4.69, 9.17) is 0 Å². The fraction of sp³-hybridized carbons (Fsp3) is 1.00. The highest BCUT2D eigenvalue weighted by atomic mass is 16.3. The van der Waals surface area contributed by atoms with Crippen LogP contribution >= 0.6 is 0 Å². The highest BCUT2D eigenvalue weighted by Gasteiger charge is 2.63. The summed E-state index contributed by atoms with van der Waals surface area (Å²) in [5, 5.41) is 13.4. The first-order chi connectivity index (χ1) is 6.04. The van der Waals surface area contributed by atoms with Crippen molar-refractivity contribution in [3.63, 3.8) is 0 Å². The lowest BCUT2D eigenvalue weighted by Crippen LogP contribution is -2.45. The summed E-state index contributed by atoms with van der Waals surface area (Å²) in [6.45, 7) is 5.63. The zero-order valence-corrected chi connectivity index (χ0v) is 8.93. The topological polar surface area (TPSA) is 32.3 Å². The minimum Gasteiger partial charge on any atom is -0.392 e. The number of nitrogens with one attached hydrogen (secondary N) is 1. The lowest BCUT2D eigenvalue weighted by molar-refractivity contribution is -0.000942. The smallest absolute Gasteiger partial charge is 0.0616 e. The number of aliphatic hydroxyl groups is 1. The number of rotatable bonds is 2. The maximum absolute atomic E-state index is 10.1. The molecule has 2 nitrogen and oxygen atoms in total. The molecule has 2 aliphatic rings. The van der Waals surface area contributed by atoms with Gasteiger partial charge in [0.05, 0.1) is 6.10 Å². The molecule has 0 aliphatic heterocycles. The van der Waals surface area contributed by atoms with Crippen molar-refractivity contribution in [3.8, 4) is 0 Å². The minimum atomic E-state index is -0.0753. The second kappa shape index (κ2) is 2.71. The molecule has 2 rings (SSSR count). The Kier molecular flexibility index (Phi) is 1.97. The van der Waals surface area contributed by atoms with E-state index in [1.165, 1.54) is 12.8 Å². The summed E-state index contributed by atoms with van der Waals surface area (Å²) >= 11 is 0. The zero-order valence-electron chi connectivity index (χ0n) is 8.93. The van der Waals surface area contributed by atoms with Crippen molar-refractivity contribution in [2.75, 3.05) is 13.6 Å². The zero-order chi connectivity index (χ0) is 9.69. The number of fused-ring (bicyclic) bond motifs is 2. The monoisotopic (exact) mass is 183 g/mol. The predicted octanol–water partition coefficient (Wildman–Crippen LogP) is 1.39. The molecule has 76 valence electrons. The van der Waals surface area contributed by atoms with E-state index < -0.39 is 0 Å². The standard InChI is InChI=1S/C11H21NO/c1-10(2)8-4-5-11(10,7-12-3)9(13)6-8/h8-9,12-13H,4-7H2,1-3H3. The third kappa shape index (κ3) is 0.962. The van der Waals surface area contributed by atoms with Crippen molar-refractivity contribution in [1.29, 1.82) is 0 Å². The van der Waals surface area contributed by atoms with Gasteiger partial charge in [-0.25, -0.2) is 0 Å². The number of aliphatic hydroxyl groups excluding tert-OH is 1. The molecule has 3 unspecified atom stereocenters. The summed E-state index contributed by atoms with van der Waals surface area (Å²) in [4.78, 5) is 0. The van der Waals surface area contributed by atoms with Crippen molar-refractivity contribution < 1.29 is 5.11 Å². The van der Waals surface area contributed by atoms with Crippen molar-refractivity contribution in [2.24, 2.45) is 16.7 Å². The average molecular weight is 183 g/mol. The number of hydrogen-bond donors (Lipinski definition) is 2. The van der Waals surface area contributed by atoms with E-state index in [0.29, 0.717) is 5.41 Å². The summed E-state index contributed by atoms with van der Waals surface area (Å²) in [5.74, 6) is 0.746. The Hall–Kier alpha value is -0.0800. The largest absolute Gasteiger partial charge is 0.392 e. The maximum atomic E-state index is 10.1. The van der Waals surface area contributed by atoms with Gasteiger partial charge in [-0.05, 0) is 37.6 Å². The molecule has 0 radical (unpaired) electrons. The normalized spacial score (nSPS) is 47.1. The molecule has 2 saturated carbocycles. The van der Waals surface area contributed by atoms with E-state index in [1.807, 2.05) is 7.05 Å². The van der Waals surface area contributed by atoms with E-state index in [9.17, 15) is 5.11 Å². The third-order valence-electron chi connectivity index (χ3n) is 4.88. The summed E-state index contributed by atoms with van der Waals surface area (Å²) in [7, 11) is 1.99. The van der Waals surface area contributed by atoms with Gasteiger partial charge in [0.1, 0.15) is 0 Å². The molecule has 0 aromatic carbocycles. The van der Waals surface area contributed by atoms with Gasteiger partial charge in [0.25, 0.3) is 0 Å². The first-order valence-electron chi connectivity index (χ1n) is 5.37. The molecule has 0 aromatic rings. The molecular formula is C11H21NO. The van der Waals surface area contributed by atoms with Gasteiger partial charge in [-0.15, -0.1) is 0 Å². The fourth-order valence-corrected chi connectivity index (χ4v) is 3.77. The molecule has 3 atom stereocenters. The summed E-state index contributed by atoms with van der Waals surface area (Å²) in [6.07, 6.45) is 3.46. The molecule has 2 heteroatoms. The average Bonchev–Trinajstić information content (AvgIpc) is 2.38. The minimum absolute atomic E-state index is 0.0753.